The summed E-state index contributed by atoms with van der Waals surface area (Å²) in [5.74, 6) is 1.98. The smallest absolute Gasteiger partial charge is 0.0474 e. The van der Waals surface area contributed by atoms with Crippen LogP contribution < -0.4 is 0 Å². The van der Waals surface area contributed by atoms with E-state index in [0.717, 1.165) is 12.5 Å². The molecule has 0 aromatic rings. The number of hydrogen-bond acceptors (Lipinski definition) is 2. The number of rotatable bonds is 4. The largest absolute Gasteiger partial charge is 0.396 e. The Balaban J connectivity index is 2.49. The zero-order chi connectivity index (χ0) is 10.7. The van der Waals surface area contributed by atoms with E-state index in [1.54, 1.807) is 0 Å². The molecule has 1 aliphatic rings. The Morgan fingerprint density at radius 2 is 1.71 bits per heavy atom. The molecule has 0 saturated carbocycles. The molecule has 0 unspecified atom stereocenters. The average molecular weight is 199 g/mol. The maximum absolute atomic E-state index is 9.32. The van der Waals surface area contributed by atoms with Gasteiger partial charge >= 0.3 is 0 Å². The zero-order valence-corrected chi connectivity index (χ0v) is 10.0. The number of aliphatic hydroxyl groups excluding tert-OH is 1. The van der Waals surface area contributed by atoms with E-state index in [0.29, 0.717) is 24.5 Å². The van der Waals surface area contributed by atoms with E-state index < -0.39 is 0 Å². The van der Waals surface area contributed by atoms with E-state index in [4.69, 9.17) is 0 Å². The Morgan fingerprint density at radius 1 is 1.14 bits per heavy atom. The van der Waals surface area contributed by atoms with E-state index in [-0.39, 0.29) is 0 Å². The summed E-state index contributed by atoms with van der Waals surface area (Å²) >= 11 is 0. The first-order chi connectivity index (χ1) is 6.54. The fourth-order valence-corrected chi connectivity index (χ4v) is 2.48. The lowest BCUT2D eigenvalue weighted by atomic mass is 9.89. The first-order valence-corrected chi connectivity index (χ1v) is 5.89. The lowest BCUT2D eigenvalue weighted by Gasteiger charge is -2.20. The van der Waals surface area contributed by atoms with Crippen molar-refractivity contribution in [3.63, 3.8) is 0 Å². The molecule has 14 heavy (non-hydrogen) atoms. The second-order valence-corrected chi connectivity index (χ2v) is 5.38. The minimum Gasteiger partial charge on any atom is -0.396 e. The fourth-order valence-electron chi connectivity index (χ4n) is 2.48. The molecule has 1 N–H and O–H groups in total. The number of nitrogens with zero attached hydrogens (tertiary/aromatic N) is 1. The summed E-state index contributed by atoms with van der Waals surface area (Å²) in [6.07, 6.45) is 1.26. The van der Waals surface area contributed by atoms with Crippen molar-refractivity contribution >= 4 is 0 Å². The molecule has 0 amide bonds. The molecule has 0 aromatic carbocycles. The van der Waals surface area contributed by atoms with Crippen LogP contribution in [0.4, 0.5) is 0 Å². The second-order valence-electron chi connectivity index (χ2n) is 5.38. The molecular formula is C12H25NO. The Bertz CT molecular complexity index is 168. The summed E-state index contributed by atoms with van der Waals surface area (Å²) in [5, 5.41) is 9.32. The van der Waals surface area contributed by atoms with Gasteiger partial charge in [0.25, 0.3) is 0 Å². The van der Waals surface area contributed by atoms with Crippen molar-refractivity contribution in [2.24, 2.45) is 17.8 Å². The molecule has 1 heterocycles. The molecule has 0 aliphatic carbocycles. The first kappa shape index (κ1) is 12.0. The van der Waals surface area contributed by atoms with E-state index in [9.17, 15) is 5.11 Å². The minimum atomic E-state index is 0.362. The lowest BCUT2D eigenvalue weighted by molar-refractivity contribution is 0.189. The van der Waals surface area contributed by atoms with Crippen LogP contribution in [0.2, 0.25) is 0 Å². The number of hydrogen-bond donors (Lipinski definition) is 1. The fraction of sp³-hybridized carbons (Fsp3) is 1.00. The highest BCUT2D eigenvalue weighted by molar-refractivity contribution is 4.85. The molecule has 84 valence electrons. The van der Waals surface area contributed by atoms with Crippen LogP contribution in [0.5, 0.6) is 0 Å². The van der Waals surface area contributed by atoms with Gasteiger partial charge in [-0.15, -0.1) is 0 Å². The third-order valence-electron chi connectivity index (χ3n) is 3.34. The summed E-state index contributed by atoms with van der Waals surface area (Å²) in [7, 11) is 0. The van der Waals surface area contributed by atoms with Crippen LogP contribution in [-0.4, -0.2) is 35.7 Å². The predicted octanol–water partition coefficient (Wildman–Crippen LogP) is 1.98. The molecule has 0 radical (unpaired) electrons. The van der Waals surface area contributed by atoms with E-state index in [1.165, 1.54) is 13.0 Å². The SMILES string of the molecule is CC(C)C[C@@H]1CN(C(C)C)C[C@H]1CO. The van der Waals surface area contributed by atoms with Crippen LogP contribution in [0.15, 0.2) is 0 Å². The topological polar surface area (TPSA) is 23.5 Å². The molecular weight excluding hydrogens is 174 g/mol. The summed E-state index contributed by atoms with van der Waals surface area (Å²) in [4.78, 5) is 2.49. The third-order valence-corrected chi connectivity index (χ3v) is 3.34. The molecule has 2 atom stereocenters. The van der Waals surface area contributed by atoms with Crippen LogP contribution >= 0.6 is 0 Å². The first-order valence-electron chi connectivity index (χ1n) is 5.89. The van der Waals surface area contributed by atoms with Crippen LogP contribution in [0.25, 0.3) is 0 Å². The van der Waals surface area contributed by atoms with Gasteiger partial charge in [0.15, 0.2) is 0 Å². The van der Waals surface area contributed by atoms with Crippen LogP contribution in [-0.2, 0) is 0 Å². The highest BCUT2D eigenvalue weighted by atomic mass is 16.3. The van der Waals surface area contributed by atoms with Crippen molar-refractivity contribution in [2.45, 2.75) is 40.2 Å². The van der Waals surface area contributed by atoms with Crippen LogP contribution in [0, 0.1) is 17.8 Å². The molecule has 0 bridgehead atoms. The Hall–Kier alpha value is -0.0800. The van der Waals surface area contributed by atoms with Gasteiger partial charge in [-0.05, 0) is 38.0 Å². The molecule has 0 aromatic heterocycles. The summed E-state index contributed by atoms with van der Waals surface area (Å²) in [5.41, 5.74) is 0. The van der Waals surface area contributed by atoms with Crippen molar-refractivity contribution < 1.29 is 5.11 Å². The van der Waals surface area contributed by atoms with Crippen molar-refractivity contribution in [3.8, 4) is 0 Å². The van der Waals surface area contributed by atoms with Crippen molar-refractivity contribution in [3.05, 3.63) is 0 Å². The highest BCUT2D eigenvalue weighted by Crippen LogP contribution is 2.29. The quantitative estimate of drug-likeness (QED) is 0.748. The molecule has 1 fully saturated rings. The Labute approximate surface area is 88.3 Å². The maximum Gasteiger partial charge on any atom is 0.0474 e. The van der Waals surface area contributed by atoms with Gasteiger partial charge in [-0.3, -0.25) is 0 Å². The average Bonchev–Trinajstić information content (AvgIpc) is 2.46. The second kappa shape index (κ2) is 5.13. The molecule has 1 saturated heterocycles. The third kappa shape index (κ3) is 2.96. The normalized spacial score (nSPS) is 29.4. The molecule has 2 nitrogen and oxygen atoms in total. The van der Waals surface area contributed by atoms with Gasteiger partial charge in [-0.2, -0.15) is 0 Å². The molecule has 2 heteroatoms. The van der Waals surface area contributed by atoms with Gasteiger partial charge in [-0.25, -0.2) is 0 Å². The van der Waals surface area contributed by atoms with Gasteiger partial charge in [0.2, 0.25) is 0 Å². The monoisotopic (exact) mass is 199 g/mol. The van der Waals surface area contributed by atoms with E-state index in [2.05, 4.69) is 32.6 Å². The van der Waals surface area contributed by atoms with Crippen LogP contribution in [0.1, 0.15) is 34.1 Å². The van der Waals surface area contributed by atoms with Gasteiger partial charge in [-0.1, -0.05) is 13.8 Å². The van der Waals surface area contributed by atoms with Crippen LogP contribution in [0.3, 0.4) is 0 Å². The number of likely N-dealkylation sites (tertiary alicyclic amines) is 1. The molecule has 0 spiro atoms. The predicted molar refractivity (Wildman–Crippen MR) is 60.2 cm³/mol. The van der Waals surface area contributed by atoms with Gasteiger partial charge < -0.3 is 10.0 Å². The molecule has 1 aliphatic heterocycles. The molecule has 1 rings (SSSR count). The lowest BCUT2D eigenvalue weighted by Crippen LogP contribution is -2.28. The van der Waals surface area contributed by atoms with Crippen molar-refractivity contribution in [1.82, 2.24) is 4.90 Å². The zero-order valence-electron chi connectivity index (χ0n) is 10.0. The number of aliphatic hydroxyl groups is 1. The van der Waals surface area contributed by atoms with Gasteiger partial charge in [0, 0.05) is 25.7 Å². The van der Waals surface area contributed by atoms with E-state index >= 15 is 0 Å². The van der Waals surface area contributed by atoms with Crippen molar-refractivity contribution in [2.75, 3.05) is 19.7 Å². The van der Waals surface area contributed by atoms with Crippen molar-refractivity contribution in [1.29, 1.82) is 0 Å². The van der Waals surface area contributed by atoms with E-state index in [1.807, 2.05) is 0 Å². The summed E-state index contributed by atoms with van der Waals surface area (Å²) < 4.78 is 0. The Kier molecular flexibility index (Phi) is 4.39. The maximum atomic E-state index is 9.32. The standard InChI is InChI=1S/C12H25NO/c1-9(2)5-11-6-13(10(3)4)7-12(11)8-14/h9-12,14H,5-8H2,1-4H3/t11-,12+/m1/s1. The summed E-state index contributed by atoms with van der Waals surface area (Å²) in [6, 6.07) is 0.626. The van der Waals surface area contributed by atoms with Gasteiger partial charge in [0.05, 0.1) is 0 Å². The Morgan fingerprint density at radius 3 is 2.14 bits per heavy atom. The highest BCUT2D eigenvalue weighted by Gasteiger charge is 2.33. The summed E-state index contributed by atoms with van der Waals surface area (Å²) in [6.45, 7) is 11.7. The van der Waals surface area contributed by atoms with Gasteiger partial charge in [0.1, 0.15) is 0 Å². The minimum absolute atomic E-state index is 0.362.